The first kappa shape index (κ1) is 32.5. The van der Waals surface area contributed by atoms with E-state index in [-0.39, 0.29) is 23.0 Å². The summed E-state index contributed by atoms with van der Waals surface area (Å²) in [6, 6.07) is 7.41. The Morgan fingerprint density at radius 3 is 1.81 bits per heavy atom. The maximum atomic E-state index is 12.1. The number of aromatic nitrogens is 4. The number of fused-ring (bicyclic) bond motifs is 2. The number of terminal acetylenes is 1. The zero-order valence-electron chi connectivity index (χ0n) is 25.6. The maximum Gasteiger partial charge on any atom is 0.410 e. The summed E-state index contributed by atoms with van der Waals surface area (Å²) in [5.74, 6) is 10.2. The molecule has 2 saturated heterocycles. The normalized spacial score (nSPS) is 26.0. The highest BCUT2D eigenvalue weighted by atomic mass is 127. The SMILES string of the molecule is C#CC12CC1CN(C(=O)OC(C)(C)C)C2.CC(C)(C)OC(=O)N1CC2CC2(C#Cc2cccnn2)C1.Ic1cccnn1. The number of piperidine rings is 2. The van der Waals surface area contributed by atoms with E-state index >= 15 is 0 Å². The van der Waals surface area contributed by atoms with Crippen molar-refractivity contribution in [2.45, 2.75) is 65.6 Å². The van der Waals surface area contributed by atoms with Gasteiger partial charge in [0, 0.05) is 38.6 Å². The molecule has 11 heteroatoms. The molecule has 0 radical (unpaired) electrons. The van der Waals surface area contributed by atoms with Crippen molar-refractivity contribution in [3.63, 3.8) is 0 Å². The molecule has 2 aliphatic heterocycles. The number of carbonyl (C=O) groups excluding carboxylic acids is 2. The first-order valence-electron chi connectivity index (χ1n) is 14.3. The topological polar surface area (TPSA) is 111 Å². The zero-order chi connectivity index (χ0) is 31.5. The van der Waals surface area contributed by atoms with Gasteiger partial charge in [0.05, 0.1) is 10.8 Å². The third kappa shape index (κ3) is 9.02. The number of hydrogen-bond donors (Lipinski definition) is 0. The minimum absolute atomic E-state index is 0.0170. The number of amides is 2. The smallest absolute Gasteiger partial charge is 0.410 e. The van der Waals surface area contributed by atoms with Crippen molar-refractivity contribution in [2.24, 2.45) is 22.7 Å². The molecule has 10 nitrogen and oxygen atoms in total. The highest BCUT2D eigenvalue weighted by Crippen LogP contribution is 2.58. The van der Waals surface area contributed by atoms with E-state index in [0.717, 1.165) is 29.6 Å². The largest absolute Gasteiger partial charge is 0.444 e. The third-order valence-corrected chi connectivity index (χ3v) is 8.01. The van der Waals surface area contributed by atoms with Gasteiger partial charge in [-0.25, -0.2) is 9.59 Å². The number of ether oxygens (including phenoxy) is 2. The van der Waals surface area contributed by atoms with E-state index in [1.807, 2.05) is 65.8 Å². The minimum Gasteiger partial charge on any atom is -0.444 e. The highest BCUT2D eigenvalue weighted by molar-refractivity contribution is 14.1. The van der Waals surface area contributed by atoms with Crippen molar-refractivity contribution in [1.82, 2.24) is 30.2 Å². The fraction of sp³-hybridized carbons (Fsp3) is 0.562. The average Bonchev–Trinajstić information content (AvgIpc) is 3.72. The lowest BCUT2D eigenvalue weighted by atomic mass is 10.1. The van der Waals surface area contributed by atoms with Gasteiger partial charge in [0.15, 0.2) is 0 Å². The molecule has 0 bridgehead atoms. The van der Waals surface area contributed by atoms with E-state index in [2.05, 4.69) is 60.7 Å². The lowest BCUT2D eigenvalue weighted by Gasteiger charge is -2.25. The number of hydrogen-bond acceptors (Lipinski definition) is 8. The van der Waals surface area contributed by atoms with Crippen molar-refractivity contribution >= 4 is 34.8 Å². The van der Waals surface area contributed by atoms with Crippen LogP contribution in [0.1, 0.15) is 60.1 Å². The summed E-state index contributed by atoms with van der Waals surface area (Å²) in [6.07, 6.45) is 10.4. The van der Waals surface area contributed by atoms with Crippen molar-refractivity contribution in [1.29, 1.82) is 0 Å². The molecule has 0 N–H and O–H groups in total. The second kappa shape index (κ2) is 12.7. The van der Waals surface area contributed by atoms with Gasteiger partial charge in [-0.2, -0.15) is 10.2 Å². The van der Waals surface area contributed by atoms with Gasteiger partial charge in [-0.05, 0) is 119 Å². The molecule has 4 unspecified atom stereocenters. The highest BCUT2D eigenvalue weighted by Gasteiger charge is 2.61. The molecule has 2 aliphatic carbocycles. The summed E-state index contributed by atoms with van der Waals surface area (Å²) in [5, 5.41) is 15.1. The van der Waals surface area contributed by atoms with E-state index in [1.165, 1.54) is 0 Å². The second-order valence-electron chi connectivity index (χ2n) is 13.4. The Bertz CT molecular complexity index is 1410. The third-order valence-electron chi connectivity index (χ3n) is 7.43. The van der Waals surface area contributed by atoms with Gasteiger partial charge in [0.2, 0.25) is 0 Å². The van der Waals surface area contributed by atoms with Gasteiger partial charge >= 0.3 is 12.2 Å². The van der Waals surface area contributed by atoms with E-state index in [1.54, 1.807) is 22.2 Å². The Balaban J connectivity index is 0.000000167. The van der Waals surface area contributed by atoms with Crippen LogP contribution in [0, 0.1) is 50.6 Å². The van der Waals surface area contributed by atoms with Gasteiger partial charge in [-0.15, -0.1) is 16.6 Å². The van der Waals surface area contributed by atoms with Gasteiger partial charge in [0.25, 0.3) is 0 Å². The predicted molar refractivity (Wildman–Crippen MR) is 169 cm³/mol. The zero-order valence-corrected chi connectivity index (χ0v) is 27.8. The van der Waals surface area contributed by atoms with Gasteiger partial charge in [-0.1, -0.05) is 11.8 Å². The first-order chi connectivity index (χ1) is 20.1. The first-order valence-corrected chi connectivity index (χ1v) is 15.4. The Labute approximate surface area is 267 Å². The van der Waals surface area contributed by atoms with E-state index in [4.69, 9.17) is 15.9 Å². The molecule has 4 heterocycles. The molecule has 6 rings (SSSR count). The summed E-state index contributed by atoms with van der Waals surface area (Å²) in [5.41, 5.74) is -0.283. The average molecular weight is 699 g/mol. The summed E-state index contributed by atoms with van der Waals surface area (Å²) in [7, 11) is 0. The summed E-state index contributed by atoms with van der Waals surface area (Å²) >= 11 is 2.11. The fourth-order valence-corrected chi connectivity index (χ4v) is 5.49. The molecule has 2 saturated carbocycles. The van der Waals surface area contributed by atoms with Crippen LogP contribution in [0.3, 0.4) is 0 Å². The molecule has 4 aliphatic rings. The molecular weight excluding hydrogens is 659 g/mol. The van der Waals surface area contributed by atoms with E-state index < -0.39 is 11.2 Å². The molecule has 0 aromatic carbocycles. The monoisotopic (exact) mass is 698 g/mol. The van der Waals surface area contributed by atoms with Crippen molar-refractivity contribution in [2.75, 3.05) is 26.2 Å². The molecule has 228 valence electrons. The van der Waals surface area contributed by atoms with Gasteiger partial charge in [-0.3, -0.25) is 0 Å². The Morgan fingerprint density at radius 1 is 0.884 bits per heavy atom. The van der Waals surface area contributed by atoms with E-state index in [0.29, 0.717) is 30.6 Å². The van der Waals surface area contributed by atoms with Crippen LogP contribution in [-0.2, 0) is 9.47 Å². The molecule has 4 fully saturated rings. The van der Waals surface area contributed by atoms with Gasteiger partial charge < -0.3 is 19.3 Å². The van der Waals surface area contributed by atoms with Crippen LogP contribution in [0.15, 0.2) is 36.7 Å². The molecule has 4 atom stereocenters. The summed E-state index contributed by atoms with van der Waals surface area (Å²) in [4.78, 5) is 27.3. The van der Waals surface area contributed by atoms with Crippen LogP contribution < -0.4 is 0 Å². The molecule has 2 aromatic heterocycles. The van der Waals surface area contributed by atoms with Crippen LogP contribution in [0.5, 0.6) is 0 Å². The number of nitrogens with zero attached hydrogens (tertiary/aromatic N) is 6. The van der Waals surface area contributed by atoms with Gasteiger partial charge in [0.1, 0.15) is 20.6 Å². The van der Waals surface area contributed by atoms with E-state index in [9.17, 15) is 9.59 Å². The van der Waals surface area contributed by atoms with Crippen molar-refractivity contribution in [3.05, 3.63) is 46.1 Å². The van der Waals surface area contributed by atoms with Crippen LogP contribution in [0.2, 0.25) is 0 Å². The summed E-state index contributed by atoms with van der Waals surface area (Å²) < 4.78 is 11.6. The number of likely N-dealkylation sites (tertiary alicyclic amines) is 2. The Hall–Kier alpha value is -3.45. The molecule has 43 heavy (non-hydrogen) atoms. The van der Waals surface area contributed by atoms with Crippen molar-refractivity contribution in [3.8, 4) is 24.2 Å². The standard InChI is InChI=1S/C16H19N3O2.C12H17NO2.C4H3IN2/c1-15(2,3)21-14(20)19-10-12-9-16(12,11-19)7-6-13-5-4-8-17-18-13;1-5-12-6-9(12)7-13(8-12)10(14)15-11(2,3)4;5-4-2-1-3-6-7-4/h4-5,8,12H,9-11H2,1-3H3;1,9H,6-8H2,2-4H3;1-3H. The Morgan fingerprint density at radius 2 is 1.40 bits per heavy atom. The predicted octanol–water partition coefficient (Wildman–Crippen LogP) is 5.04. The quantitative estimate of drug-likeness (QED) is 0.278. The van der Waals surface area contributed by atoms with Crippen LogP contribution in [0.4, 0.5) is 9.59 Å². The number of rotatable bonds is 0. The number of halogens is 1. The lowest BCUT2D eigenvalue weighted by Crippen LogP contribution is -2.37. The number of carbonyl (C=O) groups is 2. The molecule has 2 aromatic rings. The van der Waals surface area contributed by atoms with Crippen LogP contribution in [0.25, 0.3) is 0 Å². The minimum atomic E-state index is -0.456. The lowest BCUT2D eigenvalue weighted by molar-refractivity contribution is 0.0258. The van der Waals surface area contributed by atoms with Crippen LogP contribution >= 0.6 is 22.6 Å². The molecule has 2 amide bonds. The second-order valence-corrected chi connectivity index (χ2v) is 14.5. The molecule has 0 spiro atoms. The van der Waals surface area contributed by atoms with Crippen LogP contribution in [-0.4, -0.2) is 79.8 Å². The van der Waals surface area contributed by atoms with Crippen molar-refractivity contribution < 1.29 is 19.1 Å². The molecular formula is C32H39IN6O4. The Kier molecular flexibility index (Phi) is 9.55. The fourth-order valence-electron chi connectivity index (χ4n) is 5.16. The summed E-state index contributed by atoms with van der Waals surface area (Å²) in [6.45, 7) is 14.1. The maximum absolute atomic E-state index is 12.1.